The van der Waals surface area contributed by atoms with E-state index < -0.39 is 0 Å². The van der Waals surface area contributed by atoms with Gasteiger partial charge in [0.05, 0.1) is 18.7 Å². The van der Waals surface area contributed by atoms with E-state index in [1.54, 1.807) is 13.2 Å². The van der Waals surface area contributed by atoms with Crippen LogP contribution in [0.5, 0.6) is 11.5 Å². The highest BCUT2D eigenvalue weighted by Gasteiger charge is 2.14. The van der Waals surface area contributed by atoms with Gasteiger partial charge in [0.1, 0.15) is 11.5 Å². The topological polar surface area (TPSA) is 30.5 Å². The van der Waals surface area contributed by atoms with Crippen molar-refractivity contribution in [3.05, 3.63) is 23.2 Å². The lowest BCUT2D eigenvalue weighted by molar-refractivity contribution is 0.218. The number of hydrogen-bond acceptors (Lipinski definition) is 3. The van der Waals surface area contributed by atoms with Crippen LogP contribution in [-0.2, 0) is 0 Å². The molecule has 1 heterocycles. The first kappa shape index (κ1) is 15.4. The molecule has 3 nitrogen and oxygen atoms in total. The summed E-state index contributed by atoms with van der Waals surface area (Å²) >= 11 is 6.11. The van der Waals surface area contributed by atoms with E-state index in [-0.39, 0.29) is 12.4 Å². The van der Waals surface area contributed by atoms with Crippen molar-refractivity contribution >= 4 is 24.0 Å². The molecule has 1 aromatic rings. The number of methoxy groups -OCH3 is 1. The van der Waals surface area contributed by atoms with Crippen molar-refractivity contribution in [2.24, 2.45) is 5.92 Å². The van der Waals surface area contributed by atoms with Gasteiger partial charge in [-0.2, -0.15) is 0 Å². The molecule has 0 aromatic heterocycles. The SMILES string of the molecule is COc1ccc(OCC2CCCNC2)c(Cl)c1.Cl. The molecule has 1 aromatic carbocycles. The predicted octanol–water partition coefficient (Wildman–Crippen LogP) is 3.15. The maximum Gasteiger partial charge on any atom is 0.138 e. The van der Waals surface area contributed by atoms with Crippen LogP contribution in [0.15, 0.2) is 18.2 Å². The predicted molar refractivity (Wildman–Crippen MR) is 76.3 cm³/mol. The Bertz CT molecular complexity index is 368. The molecule has 1 aliphatic rings. The fourth-order valence-electron chi connectivity index (χ4n) is 2.00. The van der Waals surface area contributed by atoms with E-state index >= 15 is 0 Å². The van der Waals surface area contributed by atoms with Gasteiger partial charge in [-0.05, 0) is 31.5 Å². The van der Waals surface area contributed by atoms with Gasteiger partial charge >= 0.3 is 0 Å². The number of benzene rings is 1. The summed E-state index contributed by atoms with van der Waals surface area (Å²) in [4.78, 5) is 0. The molecule has 0 saturated carbocycles. The van der Waals surface area contributed by atoms with Crippen molar-refractivity contribution in [2.75, 3.05) is 26.8 Å². The van der Waals surface area contributed by atoms with Crippen molar-refractivity contribution in [2.45, 2.75) is 12.8 Å². The summed E-state index contributed by atoms with van der Waals surface area (Å²) in [5.74, 6) is 2.07. The summed E-state index contributed by atoms with van der Waals surface area (Å²) < 4.78 is 10.8. The Balaban J connectivity index is 0.00000162. The van der Waals surface area contributed by atoms with Crippen molar-refractivity contribution < 1.29 is 9.47 Å². The largest absolute Gasteiger partial charge is 0.497 e. The molecule has 102 valence electrons. The monoisotopic (exact) mass is 291 g/mol. The average molecular weight is 292 g/mol. The second-order valence-corrected chi connectivity index (χ2v) is 4.73. The van der Waals surface area contributed by atoms with Crippen molar-refractivity contribution in [1.29, 1.82) is 0 Å². The summed E-state index contributed by atoms with van der Waals surface area (Å²) in [5, 5.41) is 3.98. The third-order valence-electron chi connectivity index (χ3n) is 3.01. The zero-order valence-corrected chi connectivity index (χ0v) is 12.0. The quantitative estimate of drug-likeness (QED) is 0.924. The van der Waals surface area contributed by atoms with Gasteiger partial charge in [0.2, 0.25) is 0 Å². The fraction of sp³-hybridized carbons (Fsp3) is 0.538. The van der Waals surface area contributed by atoms with Gasteiger partial charge < -0.3 is 14.8 Å². The first-order valence-electron chi connectivity index (χ1n) is 5.96. The summed E-state index contributed by atoms with van der Waals surface area (Å²) in [6.07, 6.45) is 2.45. The molecule has 1 N–H and O–H groups in total. The van der Waals surface area contributed by atoms with Crippen LogP contribution in [0.3, 0.4) is 0 Å². The lowest BCUT2D eigenvalue weighted by atomic mass is 10.0. The molecular weight excluding hydrogens is 273 g/mol. The molecule has 5 heteroatoms. The third-order valence-corrected chi connectivity index (χ3v) is 3.31. The van der Waals surface area contributed by atoms with E-state index in [1.807, 2.05) is 12.1 Å². The van der Waals surface area contributed by atoms with Crippen molar-refractivity contribution in [3.8, 4) is 11.5 Å². The van der Waals surface area contributed by atoms with Crippen LogP contribution in [-0.4, -0.2) is 26.8 Å². The van der Waals surface area contributed by atoms with Crippen LogP contribution in [0, 0.1) is 5.92 Å². The molecule has 0 amide bonds. The molecule has 1 atom stereocenters. The minimum Gasteiger partial charge on any atom is -0.497 e. The number of ether oxygens (including phenoxy) is 2. The normalized spacial score (nSPS) is 18.9. The summed E-state index contributed by atoms with van der Waals surface area (Å²) in [5.41, 5.74) is 0. The lowest BCUT2D eigenvalue weighted by Crippen LogP contribution is -2.33. The van der Waals surface area contributed by atoms with Gasteiger partial charge in [0.15, 0.2) is 0 Å². The highest BCUT2D eigenvalue weighted by Crippen LogP contribution is 2.29. The van der Waals surface area contributed by atoms with Crippen LogP contribution in [0.2, 0.25) is 5.02 Å². The Morgan fingerprint density at radius 3 is 2.89 bits per heavy atom. The molecule has 2 rings (SSSR count). The van der Waals surface area contributed by atoms with E-state index in [0.717, 1.165) is 31.2 Å². The van der Waals surface area contributed by atoms with Crippen molar-refractivity contribution in [3.63, 3.8) is 0 Å². The first-order valence-corrected chi connectivity index (χ1v) is 6.34. The number of halogens is 2. The Labute approximate surface area is 119 Å². The van der Waals surface area contributed by atoms with Crippen molar-refractivity contribution in [1.82, 2.24) is 5.32 Å². The van der Waals surface area contributed by atoms with Gasteiger partial charge in [-0.3, -0.25) is 0 Å². The summed E-state index contributed by atoms with van der Waals surface area (Å²) in [6, 6.07) is 5.49. The number of rotatable bonds is 4. The number of piperidine rings is 1. The molecule has 18 heavy (non-hydrogen) atoms. The Hall–Kier alpha value is -0.640. The lowest BCUT2D eigenvalue weighted by Gasteiger charge is -2.23. The van der Waals surface area contributed by atoms with Gasteiger partial charge in [0.25, 0.3) is 0 Å². The zero-order valence-electron chi connectivity index (χ0n) is 10.4. The molecular formula is C13H19Cl2NO2. The minimum atomic E-state index is 0. The molecule has 1 fully saturated rings. The van der Waals surface area contributed by atoms with Crippen LogP contribution in [0.25, 0.3) is 0 Å². The molecule has 1 saturated heterocycles. The molecule has 1 unspecified atom stereocenters. The summed E-state index contributed by atoms with van der Waals surface area (Å²) in [7, 11) is 1.62. The Morgan fingerprint density at radius 2 is 2.28 bits per heavy atom. The Morgan fingerprint density at radius 1 is 1.44 bits per heavy atom. The van der Waals surface area contributed by atoms with Crippen LogP contribution in [0.4, 0.5) is 0 Å². The van der Waals surface area contributed by atoms with Gasteiger partial charge in [-0.25, -0.2) is 0 Å². The van der Waals surface area contributed by atoms with Crippen LogP contribution in [0.1, 0.15) is 12.8 Å². The van der Waals surface area contributed by atoms with E-state index in [2.05, 4.69) is 5.32 Å². The van der Waals surface area contributed by atoms with Gasteiger partial charge in [0, 0.05) is 18.5 Å². The van der Waals surface area contributed by atoms with Crippen LogP contribution >= 0.6 is 24.0 Å². The minimum absolute atomic E-state index is 0. The third kappa shape index (κ3) is 4.23. The molecule has 0 radical (unpaired) electrons. The second kappa shape index (κ2) is 7.72. The van der Waals surface area contributed by atoms with E-state index in [0.29, 0.717) is 10.9 Å². The van der Waals surface area contributed by atoms with E-state index in [1.165, 1.54) is 12.8 Å². The molecule has 1 aliphatic heterocycles. The number of hydrogen-bond donors (Lipinski definition) is 1. The standard InChI is InChI=1S/C13H18ClNO2.ClH/c1-16-11-4-5-13(12(14)7-11)17-9-10-3-2-6-15-8-10;/h4-5,7,10,15H,2-3,6,8-9H2,1H3;1H. The second-order valence-electron chi connectivity index (χ2n) is 4.32. The number of nitrogens with one attached hydrogen (secondary N) is 1. The maximum absolute atomic E-state index is 6.11. The molecule has 0 bridgehead atoms. The smallest absolute Gasteiger partial charge is 0.138 e. The highest BCUT2D eigenvalue weighted by molar-refractivity contribution is 6.32. The van der Waals surface area contributed by atoms with Crippen LogP contribution < -0.4 is 14.8 Å². The fourth-order valence-corrected chi connectivity index (χ4v) is 2.22. The summed E-state index contributed by atoms with van der Waals surface area (Å²) in [6.45, 7) is 2.88. The molecule has 0 spiro atoms. The Kier molecular flexibility index (Phi) is 6.61. The highest BCUT2D eigenvalue weighted by atomic mass is 35.5. The average Bonchev–Trinajstić information content (AvgIpc) is 2.38. The first-order chi connectivity index (χ1) is 8.29. The zero-order chi connectivity index (χ0) is 12.1. The van der Waals surface area contributed by atoms with Gasteiger partial charge in [-0.15, -0.1) is 12.4 Å². The van der Waals surface area contributed by atoms with Gasteiger partial charge in [-0.1, -0.05) is 11.6 Å². The molecule has 0 aliphatic carbocycles. The van der Waals surface area contributed by atoms with E-state index in [9.17, 15) is 0 Å². The van der Waals surface area contributed by atoms with E-state index in [4.69, 9.17) is 21.1 Å². The maximum atomic E-state index is 6.11.